The fourth-order valence-corrected chi connectivity index (χ4v) is 1.38. The summed E-state index contributed by atoms with van der Waals surface area (Å²) in [5.41, 5.74) is 4.27. The van der Waals surface area contributed by atoms with Crippen LogP contribution in [0.3, 0.4) is 0 Å². The van der Waals surface area contributed by atoms with Crippen LogP contribution in [-0.4, -0.2) is 52.4 Å². The number of carbonyl (C=O) groups excluding carboxylic acids is 1. The first-order valence-corrected chi connectivity index (χ1v) is 4.34. The van der Waals surface area contributed by atoms with Gasteiger partial charge < -0.3 is 20.8 Å². The molecule has 5 nitrogen and oxygen atoms in total. The van der Waals surface area contributed by atoms with Crippen LogP contribution in [0.15, 0.2) is 0 Å². The molecule has 0 aromatic rings. The highest BCUT2D eigenvalue weighted by Crippen LogP contribution is 2.13. The third-order valence-electron chi connectivity index (χ3n) is 2.21. The van der Waals surface area contributed by atoms with Crippen molar-refractivity contribution in [3.8, 4) is 0 Å². The minimum atomic E-state index is -1.22. The molecule has 4 N–H and O–H groups in total. The van der Waals surface area contributed by atoms with Crippen LogP contribution >= 0.6 is 0 Å². The van der Waals surface area contributed by atoms with Crippen LogP contribution in [0.4, 0.5) is 0 Å². The molecule has 76 valence electrons. The van der Waals surface area contributed by atoms with E-state index >= 15 is 0 Å². The number of carbonyl (C=O) groups is 1. The van der Waals surface area contributed by atoms with Crippen LogP contribution in [0.25, 0.3) is 0 Å². The Morgan fingerprint density at radius 3 is 2.77 bits per heavy atom. The fourth-order valence-electron chi connectivity index (χ4n) is 1.38. The Balaban J connectivity index is 2.51. The first kappa shape index (κ1) is 10.4. The number of aliphatic hydroxyl groups is 2. The van der Waals surface area contributed by atoms with Crippen molar-refractivity contribution in [3.63, 3.8) is 0 Å². The Morgan fingerprint density at radius 1 is 1.77 bits per heavy atom. The Morgan fingerprint density at radius 2 is 2.38 bits per heavy atom. The van der Waals surface area contributed by atoms with Crippen molar-refractivity contribution in [2.45, 2.75) is 25.0 Å². The van der Waals surface area contributed by atoms with Gasteiger partial charge in [-0.05, 0) is 13.3 Å². The molecule has 2 unspecified atom stereocenters. The van der Waals surface area contributed by atoms with E-state index in [0.29, 0.717) is 13.0 Å². The zero-order valence-corrected chi connectivity index (χ0v) is 7.73. The van der Waals surface area contributed by atoms with Gasteiger partial charge in [0.15, 0.2) is 0 Å². The zero-order valence-electron chi connectivity index (χ0n) is 7.73. The Kier molecular flexibility index (Phi) is 2.90. The quantitative estimate of drug-likeness (QED) is 0.492. The molecule has 0 saturated carbocycles. The van der Waals surface area contributed by atoms with Crippen LogP contribution in [0.2, 0.25) is 0 Å². The highest BCUT2D eigenvalue weighted by Gasteiger charge is 2.33. The number of aliphatic hydroxyl groups excluding tert-OH is 1. The molecule has 1 fully saturated rings. The molecule has 1 saturated heterocycles. The summed E-state index contributed by atoms with van der Waals surface area (Å²) in [6.07, 6.45) is 0.625. The summed E-state index contributed by atoms with van der Waals surface area (Å²) in [6, 6.07) is -0.436. The van der Waals surface area contributed by atoms with Gasteiger partial charge in [0.25, 0.3) is 0 Å². The molecule has 13 heavy (non-hydrogen) atoms. The van der Waals surface area contributed by atoms with Crippen LogP contribution in [0, 0.1) is 0 Å². The van der Waals surface area contributed by atoms with Gasteiger partial charge >= 0.3 is 0 Å². The summed E-state index contributed by atoms with van der Waals surface area (Å²) < 4.78 is 0. The number of β-amino-alcohol motifs (C(OH)–C–C–N with tert-alkyl or cyclic N) is 1. The van der Waals surface area contributed by atoms with Gasteiger partial charge in [-0.3, -0.25) is 4.79 Å². The van der Waals surface area contributed by atoms with E-state index in [0.717, 1.165) is 0 Å². The minimum absolute atomic E-state index is 0.145. The maximum Gasteiger partial charge on any atom is 0.239 e. The van der Waals surface area contributed by atoms with Crippen LogP contribution in [0.1, 0.15) is 13.3 Å². The zero-order chi connectivity index (χ0) is 10.1. The average Bonchev–Trinajstić information content (AvgIpc) is 2.36. The predicted octanol–water partition coefficient (Wildman–Crippen LogP) is -1.71. The Hall–Kier alpha value is -0.650. The monoisotopic (exact) mass is 188 g/mol. The van der Waals surface area contributed by atoms with Gasteiger partial charge in [0.2, 0.25) is 5.91 Å². The number of likely N-dealkylation sites (tertiary alicyclic amines) is 1. The van der Waals surface area contributed by atoms with Crippen LogP contribution < -0.4 is 5.73 Å². The van der Waals surface area contributed by atoms with Gasteiger partial charge in [0.05, 0.1) is 19.2 Å². The maximum absolute atomic E-state index is 11.3. The highest BCUT2D eigenvalue weighted by atomic mass is 16.3. The van der Waals surface area contributed by atoms with Crippen LogP contribution in [0.5, 0.6) is 0 Å². The molecule has 0 aliphatic carbocycles. The van der Waals surface area contributed by atoms with Crippen LogP contribution in [-0.2, 0) is 4.79 Å². The normalized spacial score (nSPS) is 27.8. The molecule has 0 aromatic carbocycles. The Bertz CT molecular complexity index is 206. The predicted molar refractivity (Wildman–Crippen MR) is 46.9 cm³/mol. The second kappa shape index (κ2) is 3.61. The first-order chi connectivity index (χ1) is 5.96. The van der Waals surface area contributed by atoms with Crippen molar-refractivity contribution in [1.82, 2.24) is 4.90 Å². The molecule has 2 atom stereocenters. The standard InChI is InChI=1S/C8H16N2O3/c1-8(13,5-11)4-10-3-2-6(9)7(10)12/h6,11,13H,2-5,9H2,1H3. The summed E-state index contributed by atoms with van der Waals surface area (Å²) >= 11 is 0. The van der Waals surface area contributed by atoms with Crippen molar-refractivity contribution in [2.24, 2.45) is 5.73 Å². The number of hydrogen-bond donors (Lipinski definition) is 3. The second-order valence-electron chi connectivity index (χ2n) is 3.81. The van der Waals surface area contributed by atoms with Crippen molar-refractivity contribution >= 4 is 5.91 Å². The lowest BCUT2D eigenvalue weighted by Gasteiger charge is -2.26. The smallest absolute Gasteiger partial charge is 0.239 e. The molecule has 0 aromatic heterocycles. The highest BCUT2D eigenvalue weighted by molar-refractivity contribution is 5.83. The molecule has 0 spiro atoms. The van der Waals surface area contributed by atoms with Gasteiger partial charge in [-0.2, -0.15) is 0 Å². The molecule has 5 heteroatoms. The van der Waals surface area contributed by atoms with Gasteiger partial charge in [-0.25, -0.2) is 0 Å². The number of amides is 1. The van der Waals surface area contributed by atoms with Gasteiger partial charge in [-0.1, -0.05) is 0 Å². The third kappa shape index (κ3) is 2.40. The van der Waals surface area contributed by atoms with Gasteiger partial charge in [-0.15, -0.1) is 0 Å². The molecule has 0 bridgehead atoms. The summed E-state index contributed by atoms with van der Waals surface area (Å²) in [7, 11) is 0. The summed E-state index contributed by atoms with van der Waals surface area (Å²) in [6.45, 7) is 1.85. The molecule has 1 aliphatic rings. The van der Waals surface area contributed by atoms with E-state index < -0.39 is 11.6 Å². The molecule has 1 amide bonds. The number of rotatable bonds is 3. The summed E-state index contributed by atoms with van der Waals surface area (Å²) in [5, 5.41) is 18.3. The van der Waals surface area contributed by atoms with E-state index in [4.69, 9.17) is 10.8 Å². The molecular weight excluding hydrogens is 172 g/mol. The molecule has 1 aliphatic heterocycles. The average molecular weight is 188 g/mol. The number of nitrogens with two attached hydrogens (primary N) is 1. The lowest BCUT2D eigenvalue weighted by molar-refractivity contribution is -0.132. The number of hydrogen-bond acceptors (Lipinski definition) is 4. The largest absolute Gasteiger partial charge is 0.393 e. The van der Waals surface area contributed by atoms with E-state index in [1.807, 2.05) is 0 Å². The minimum Gasteiger partial charge on any atom is -0.393 e. The first-order valence-electron chi connectivity index (χ1n) is 4.34. The number of nitrogens with zero attached hydrogens (tertiary/aromatic N) is 1. The van der Waals surface area contributed by atoms with Gasteiger partial charge in [0.1, 0.15) is 5.60 Å². The maximum atomic E-state index is 11.3. The SMILES string of the molecule is CC(O)(CO)CN1CCC(N)C1=O. The molecular formula is C8H16N2O3. The van der Waals surface area contributed by atoms with Gasteiger partial charge in [0, 0.05) is 6.54 Å². The van der Waals surface area contributed by atoms with E-state index in [-0.39, 0.29) is 19.1 Å². The van der Waals surface area contributed by atoms with Crippen molar-refractivity contribution in [3.05, 3.63) is 0 Å². The summed E-state index contributed by atoms with van der Waals surface area (Å²) in [5.74, 6) is -0.145. The molecule has 1 rings (SSSR count). The summed E-state index contributed by atoms with van der Waals surface area (Å²) in [4.78, 5) is 12.8. The second-order valence-corrected chi connectivity index (χ2v) is 3.81. The van der Waals surface area contributed by atoms with E-state index in [2.05, 4.69) is 0 Å². The van der Waals surface area contributed by atoms with E-state index in [1.54, 1.807) is 0 Å². The van der Waals surface area contributed by atoms with Crippen molar-refractivity contribution in [1.29, 1.82) is 0 Å². The topological polar surface area (TPSA) is 86.8 Å². The van der Waals surface area contributed by atoms with E-state index in [9.17, 15) is 9.90 Å². The molecule has 0 radical (unpaired) electrons. The third-order valence-corrected chi connectivity index (χ3v) is 2.21. The fraction of sp³-hybridized carbons (Fsp3) is 0.875. The van der Waals surface area contributed by atoms with Crippen molar-refractivity contribution in [2.75, 3.05) is 19.7 Å². The van der Waals surface area contributed by atoms with E-state index in [1.165, 1.54) is 11.8 Å². The lowest BCUT2D eigenvalue weighted by atomic mass is 10.1. The van der Waals surface area contributed by atoms with Crippen molar-refractivity contribution < 1.29 is 15.0 Å². The molecule has 1 heterocycles. The Labute approximate surface area is 77.1 Å². The lowest BCUT2D eigenvalue weighted by Crippen LogP contribution is -2.45.